The second-order valence-electron chi connectivity index (χ2n) is 5.01. The van der Waals surface area contributed by atoms with E-state index in [0.29, 0.717) is 22.1 Å². The lowest BCUT2D eigenvalue weighted by Gasteiger charge is -2.09. The van der Waals surface area contributed by atoms with Crippen molar-refractivity contribution in [1.82, 2.24) is 19.3 Å². The molecule has 0 fully saturated rings. The van der Waals surface area contributed by atoms with Gasteiger partial charge in [0.25, 0.3) is 5.56 Å². The van der Waals surface area contributed by atoms with Crippen molar-refractivity contribution < 1.29 is 0 Å². The van der Waals surface area contributed by atoms with Crippen molar-refractivity contribution in [3.8, 4) is 11.4 Å². The van der Waals surface area contributed by atoms with E-state index in [9.17, 15) is 4.79 Å². The Kier molecular flexibility index (Phi) is 3.99. The van der Waals surface area contributed by atoms with Crippen LogP contribution in [-0.4, -0.2) is 19.3 Å². The molecule has 0 aliphatic heterocycles. The van der Waals surface area contributed by atoms with Crippen LogP contribution in [0, 0.1) is 10.7 Å². The van der Waals surface area contributed by atoms with E-state index < -0.39 is 0 Å². The van der Waals surface area contributed by atoms with Crippen LogP contribution in [0.25, 0.3) is 11.4 Å². The number of nitrogens with one attached hydrogen (secondary N) is 1. The Morgan fingerprint density at radius 1 is 1.47 bits per heavy atom. The van der Waals surface area contributed by atoms with Gasteiger partial charge in [0.2, 0.25) is 0 Å². The minimum absolute atomic E-state index is 0.0275. The van der Waals surface area contributed by atoms with Gasteiger partial charge in [-0.05, 0) is 36.7 Å². The number of aromatic nitrogens is 4. The molecule has 2 aromatic rings. The first-order chi connectivity index (χ1) is 9.00. The molecule has 5 nitrogen and oxygen atoms in total. The van der Waals surface area contributed by atoms with Gasteiger partial charge in [0.15, 0.2) is 10.6 Å². The van der Waals surface area contributed by atoms with Crippen LogP contribution in [0.15, 0.2) is 23.1 Å². The van der Waals surface area contributed by atoms with E-state index in [1.54, 1.807) is 22.2 Å². The lowest BCUT2D eigenvalue weighted by atomic mass is 10.1. The van der Waals surface area contributed by atoms with Crippen molar-refractivity contribution in [1.29, 1.82) is 0 Å². The molecular formula is C13H18N4OS. The number of pyridine rings is 1. The molecule has 0 saturated heterocycles. The highest BCUT2D eigenvalue weighted by Crippen LogP contribution is 2.11. The molecule has 2 rings (SSSR count). The summed E-state index contributed by atoms with van der Waals surface area (Å²) in [4.78, 5) is 12.4. The zero-order chi connectivity index (χ0) is 14.0. The standard InChI is InChI=1S/C13H18N4OS/c1-9(2)6-8-17-7-4-5-10(12(17)18)11-14-15-13(19)16(11)3/h4-5,7,9H,6,8H2,1-3H3,(H,15,19). The molecule has 2 aromatic heterocycles. The van der Waals surface area contributed by atoms with E-state index in [1.807, 2.05) is 12.3 Å². The van der Waals surface area contributed by atoms with Crippen LogP contribution in [0.5, 0.6) is 0 Å². The Morgan fingerprint density at radius 2 is 2.21 bits per heavy atom. The maximum atomic E-state index is 12.4. The Hall–Kier alpha value is -1.69. The summed E-state index contributed by atoms with van der Waals surface area (Å²) < 4.78 is 3.94. The highest BCUT2D eigenvalue weighted by atomic mass is 32.1. The summed E-state index contributed by atoms with van der Waals surface area (Å²) in [6, 6.07) is 3.65. The van der Waals surface area contributed by atoms with E-state index in [0.717, 1.165) is 13.0 Å². The third-order valence-corrected chi connectivity index (χ3v) is 3.45. The van der Waals surface area contributed by atoms with E-state index in [2.05, 4.69) is 24.0 Å². The normalized spacial score (nSPS) is 11.2. The first-order valence-corrected chi connectivity index (χ1v) is 6.72. The smallest absolute Gasteiger partial charge is 0.261 e. The van der Waals surface area contributed by atoms with Gasteiger partial charge in [0, 0.05) is 19.8 Å². The molecule has 0 aliphatic carbocycles. The molecule has 0 spiro atoms. The molecule has 0 saturated carbocycles. The van der Waals surface area contributed by atoms with Gasteiger partial charge in [-0.3, -0.25) is 9.89 Å². The second kappa shape index (κ2) is 5.52. The fourth-order valence-electron chi connectivity index (χ4n) is 1.87. The van der Waals surface area contributed by atoms with E-state index >= 15 is 0 Å². The minimum atomic E-state index is -0.0275. The largest absolute Gasteiger partial charge is 0.315 e. The molecule has 102 valence electrons. The zero-order valence-corrected chi connectivity index (χ0v) is 12.2. The average molecular weight is 278 g/mol. The number of aromatic amines is 1. The molecule has 0 radical (unpaired) electrons. The molecule has 0 unspecified atom stereocenters. The predicted octanol–water partition coefficient (Wildman–Crippen LogP) is 2.35. The lowest BCUT2D eigenvalue weighted by Crippen LogP contribution is -2.22. The Labute approximate surface area is 116 Å². The molecule has 2 heterocycles. The first kappa shape index (κ1) is 13.7. The topological polar surface area (TPSA) is 55.6 Å². The quantitative estimate of drug-likeness (QED) is 0.873. The molecule has 1 N–H and O–H groups in total. The third-order valence-electron chi connectivity index (χ3n) is 3.09. The summed E-state index contributed by atoms with van der Waals surface area (Å²) in [7, 11) is 1.80. The lowest BCUT2D eigenvalue weighted by molar-refractivity contribution is 0.508. The van der Waals surface area contributed by atoms with Gasteiger partial charge in [-0.15, -0.1) is 0 Å². The number of hydrogen-bond donors (Lipinski definition) is 1. The molecule has 6 heteroatoms. The van der Waals surface area contributed by atoms with Crippen LogP contribution in [-0.2, 0) is 13.6 Å². The van der Waals surface area contributed by atoms with Gasteiger partial charge in [0.05, 0.1) is 5.56 Å². The molecule has 19 heavy (non-hydrogen) atoms. The summed E-state index contributed by atoms with van der Waals surface area (Å²) in [5.74, 6) is 1.14. The molecule has 0 aliphatic rings. The molecule has 0 aromatic carbocycles. The van der Waals surface area contributed by atoms with Gasteiger partial charge in [-0.2, -0.15) is 5.10 Å². The van der Waals surface area contributed by atoms with E-state index in [4.69, 9.17) is 12.2 Å². The summed E-state index contributed by atoms with van der Waals surface area (Å²) in [5, 5.41) is 6.82. The van der Waals surface area contributed by atoms with Crippen LogP contribution in [0.2, 0.25) is 0 Å². The second-order valence-corrected chi connectivity index (χ2v) is 5.40. The maximum absolute atomic E-state index is 12.4. The van der Waals surface area contributed by atoms with E-state index in [-0.39, 0.29) is 5.56 Å². The number of aryl methyl sites for hydroxylation is 1. The fourth-order valence-corrected chi connectivity index (χ4v) is 2.00. The summed E-state index contributed by atoms with van der Waals surface area (Å²) >= 11 is 5.07. The van der Waals surface area contributed by atoms with Crippen LogP contribution in [0.1, 0.15) is 20.3 Å². The van der Waals surface area contributed by atoms with Gasteiger partial charge in [-0.1, -0.05) is 13.8 Å². The van der Waals surface area contributed by atoms with Gasteiger partial charge in [-0.25, -0.2) is 0 Å². The van der Waals surface area contributed by atoms with Crippen molar-refractivity contribution in [2.24, 2.45) is 13.0 Å². The zero-order valence-electron chi connectivity index (χ0n) is 11.4. The SMILES string of the molecule is CC(C)CCn1cccc(-c2n[nH]c(=S)n2C)c1=O. The number of H-pyrrole nitrogens is 1. The van der Waals surface area contributed by atoms with Crippen LogP contribution in [0.4, 0.5) is 0 Å². The van der Waals surface area contributed by atoms with Crippen LogP contribution >= 0.6 is 12.2 Å². The van der Waals surface area contributed by atoms with Crippen molar-refractivity contribution in [2.75, 3.05) is 0 Å². The Morgan fingerprint density at radius 3 is 2.79 bits per heavy atom. The Balaban J connectivity index is 2.43. The van der Waals surface area contributed by atoms with Gasteiger partial charge < -0.3 is 9.13 Å². The third kappa shape index (κ3) is 2.84. The van der Waals surface area contributed by atoms with Crippen LogP contribution in [0.3, 0.4) is 0 Å². The highest BCUT2D eigenvalue weighted by molar-refractivity contribution is 7.71. The monoisotopic (exact) mass is 278 g/mol. The van der Waals surface area contributed by atoms with Crippen LogP contribution < -0.4 is 5.56 Å². The minimum Gasteiger partial charge on any atom is -0.315 e. The molecule has 0 amide bonds. The highest BCUT2D eigenvalue weighted by Gasteiger charge is 2.11. The number of nitrogens with zero attached hydrogens (tertiary/aromatic N) is 3. The number of rotatable bonds is 4. The van der Waals surface area contributed by atoms with Crippen molar-refractivity contribution in [3.05, 3.63) is 33.5 Å². The van der Waals surface area contributed by atoms with Crippen molar-refractivity contribution in [3.63, 3.8) is 0 Å². The van der Waals surface area contributed by atoms with Crippen molar-refractivity contribution in [2.45, 2.75) is 26.8 Å². The summed E-state index contributed by atoms with van der Waals surface area (Å²) in [6.07, 6.45) is 2.79. The van der Waals surface area contributed by atoms with Gasteiger partial charge >= 0.3 is 0 Å². The van der Waals surface area contributed by atoms with Gasteiger partial charge in [0.1, 0.15) is 0 Å². The maximum Gasteiger partial charge on any atom is 0.261 e. The molecular weight excluding hydrogens is 260 g/mol. The molecule has 0 bridgehead atoms. The summed E-state index contributed by atoms with van der Waals surface area (Å²) in [5.41, 5.74) is 0.543. The van der Waals surface area contributed by atoms with E-state index in [1.165, 1.54) is 0 Å². The molecule has 0 atom stereocenters. The first-order valence-electron chi connectivity index (χ1n) is 6.32. The number of hydrogen-bond acceptors (Lipinski definition) is 3. The fraction of sp³-hybridized carbons (Fsp3) is 0.462. The Bertz CT molecular complexity index is 680. The van der Waals surface area contributed by atoms with Crippen molar-refractivity contribution >= 4 is 12.2 Å². The summed E-state index contributed by atoms with van der Waals surface area (Å²) in [6.45, 7) is 5.01. The average Bonchev–Trinajstić information content (AvgIpc) is 2.69. The predicted molar refractivity (Wildman–Crippen MR) is 77.5 cm³/mol.